The van der Waals surface area contributed by atoms with Crippen LogP contribution in [0.4, 0.5) is 0 Å². The molecule has 1 saturated heterocycles. The summed E-state index contributed by atoms with van der Waals surface area (Å²) in [5, 5.41) is 2.05. The molecule has 3 aromatic heterocycles. The van der Waals surface area contributed by atoms with Gasteiger partial charge in [-0.15, -0.1) is 11.3 Å². The van der Waals surface area contributed by atoms with Gasteiger partial charge in [0.1, 0.15) is 0 Å². The molecular weight excluding hydrogens is 294 g/mol. The average Bonchev–Trinajstić information content (AvgIpc) is 3.30. The van der Waals surface area contributed by atoms with E-state index in [-0.39, 0.29) is 0 Å². The molecule has 1 aliphatic rings. The number of nitrogens with zero attached hydrogens (tertiary/aromatic N) is 3. The van der Waals surface area contributed by atoms with Gasteiger partial charge in [-0.05, 0) is 42.0 Å². The van der Waals surface area contributed by atoms with Crippen molar-refractivity contribution in [3.63, 3.8) is 0 Å². The molecule has 1 unspecified atom stereocenters. The van der Waals surface area contributed by atoms with Gasteiger partial charge in [0.25, 0.3) is 0 Å². The Hall–Kier alpha value is -1.98. The molecule has 22 heavy (non-hydrogen) atoms. The third-order valence-electron chi connectivity index (χ3n) is 4.10. The lowest BCUT2D eigenvalue weighted by atomic mass is 10.0. The molecule has 0 radical (unpaired) electrons. The molecule has 1 fully saturated rings. The van der Waals surface area contributed by atoms with Crippen molar-refractivity contribution in [2.75, 3.05) is 13.1 Å². The van der Waals surface area contributed by atoms with Crippen molar-refractivity contribution in [1.29, 1.82) is 0 Å². The van der Waals surface area contributed by atoms with Crippen LogP contribution in [0, 0.1) is 0 Å². The van der Waals surface area contributed by atoms with Gasteiger partial charge in [0, 0.05) is 18.9 Å². The number of thiophene rings is 1. The molecule has 0 N–H and O–H groups in total. The average molecular weight is 311 g/mol. The summed E-state index contributed by atoms with van der Waals surface area (Å²) in [5.74, 6) is 2.24. The lowest BCUT2D eigenvalue weighted by molar-refractivity contribution is 0.289. The van der Waals surface area contributed by atoms with Gasteiger partial charge in [-0.2, -0.15) is 0 Å². The first-order valence-corrected chi connectivity index (χ1v) is 8.37. The van der Waals surface area contributed by atoms with E-state index in [1.807, 2.05) is 30.7 Å². The summed E-state index contributed by atoms with van der Waals surface area (Å²) in [6.45, 7) is 2.90. The molecule has 0 spiro atoms. The van der Waals surface area contributed by atoms with Crippen LogP contribution < -0.4 is 0 Å². The Labute approximate surface area is 133 Å². The van der Waals surface area contributed by atoms with Crippen LogP contribution in [0.25, 0.3) is 10.6 Å². The Morgan fingerprint density at radius 3 is 3.09 bits per heavy atom. The summed E-state index contributed by atoms with van der Waals surface area (Å²) in [7, 11) is 0. The van der Waals surface area contributed by atoms with E-state index in [0.717, 1.165) is 36.2 Å². The highest BCUT2D eigenvalue weighted by Crippen LogP contribution is 2.29. The normalized spacial score (nSPS) is 18.8. The fourth-order valence-corrected chi connectivity index (χ4v) is 3.64. The van der Waals surface area contributed by atoms with Crippen LogP contribution in [0.3, 0.4) is 0 Å². The summed E-state index contributed by atoms with van der Waals surface area (Å²) < 4.78 is 5.88. The maximum atomic E-state index is 5.88. The second-order valence-corrected chi connectivity index (χ2v) is 6.55. The minimum absolute atomic E-state index is 0.570. The highest BCUT2D eigenvalue weighted by molar-refractivity contribution is 7.13. The van der Waals surface area contributed by atoms with Crippen LogP contribution in [0.15, 0.2) is 52.7 Å². The van der Waals surface area contributed by atoms with E-state index in [2.05, 4.69) is 32.4 Å². The Bertz CT molecular complexity index is 723. The van der Waals surface area contributed by atoms with Gasteiger partial charge in [-0.1, -0.05) is 12.1 Å². The van der Waals surface area contributed by atoms with Gasteiger partial charge in [0.05, 0.1) is 17.6 Å². The summed E-state index contributed by atoms with van der Waals surface area (Å²) in [4.78, 5) is 12.2. The molecule has 112 valence electrons. The van der Waals surface area contributed by atoms with Crippen molar-refractivity contribution in [2.45, 2.75) is 18.9 Å². The molecule has 5 heteroatoms. The van der Waals surface area contributed by atoms with E-state index in [0.29, 0.717) is 5.92 Å². The zero-order chi connectivity index (χ0) is 14.8. The monoisotopic (exact) mass is 311 g/mol. The molecule has 4 nitrogen and oxygen atoms in total. The summed E-state index contributed by atoms with van der Waals surface area (Å²) in [6.07, 6.45) is 6.81. The van der Waals surface area contributed by atoms with Gasteiger partial charge >= 0.3 is 0 Å². The molecule has 4 heterocycles. The predicted octanol–water partition coefficient (Wildman–Crippen LogP) is 3.79. The first-order valence-electron chi connectivity index (χ1n) is 7.49. The van der Waals surface area contributed by atoms with Gasteiger partial charge in [-0.3, -0.25) is 9.88 Å². The Kier molecular flexibility index (Phi) is 3.74. The van der Waals surface area contributed by atoms with Crippen molar-refractivity contribution >= 4 is 11.3 Å². The minimum atomic E-state index is 0.570. The van der Waals surface area contributed by atoms with Crippen molar-refractivity contribution in [3.8, 4) is 10.6 Å². The number of oxazole rings is 1. The standard InChI is InChI=1S/C17H17N3OS/c1-3-13(9-18-6-1)14-5-7-20(11-14)12-17-19-10-15(21-17)16-4-2-8-22-16/h1-4,6,8-10,14H,5,7,11-12H2. The Morgan fingerprint density at radius 1 is 1.27 bits per heavy atom. The number of aromatic nitrogens is 2. The first-order chi connectivity index (χ1) is 10.9. The van der Waals surface area contributed by atoms with E-state index in [1.54, 1.807) is 11.3 Å². The largest absolute Gasteiger partial charge is 0.438 e. The van der Waals surface area contributed by atoms with Crippen LogP contribution in [-0.4, -0.2) is 28.0 Å². The van der Waals surface area contributed by atoms with Crippen LogP contribution >= 0.6 is 11.3 Å². The third-order valence-corrected chi connectivity index (χ3v) is 4.99. The summed E-state index contributed by atoms with van der Waals surface area (Å²) in [6, 6.07) is 8.27. The number of pyridine rings is 1. The van der Waals surface area contributed by atoms with E-state index < -0.39 is 0 Å². The van der Waals surface area contributed by atoms with Crippen LogP contribution in [0.2, 0.25) is 0 Å². The Balaban J connectivity index is 1.41. The lowest BCUT2D eigenvalue weighted by Gasteiger charge is -2.13. The SMILES string of the molecule is c1cncc(C2CCN(Cc3ncc(-c4cccs4)o3)C2)c1. The van der Waals surface area contributed by atoms with Crippen LogP contribution in [-0.2, 0) is 6.54 Å². The van der Waals surface area contributed by atoms with Crippen molar-refractivity contribution < 1.29 is 4.42 Å². The van der Waals surface area contributed by atoms with Gasteiger partial charge < -0.3 is 4.42 Å². The zero-order valence-corrected chi connectivity index (χ0v) is 13.0. The van der Waals surface area contributed by atoms with Gasteiger partial charge in [0.2, 0.25) is 5.89 Å². The molecule has 0 bridgehead atoms. The van der Waals surface area contributed by atoms with E-state index in [9.17, 15) is 0 Å². The van der Waals surface area contributed by atoms with E-state index in [1.165, 1.54) is 12.0 Å². The quantitative estimate of drug-likeness (QED) is 0.735. The number of hydrogen-bond donors (Lipinski definition) is 0. The Morgan fingerprint density at radius 2 is 2.27 bits per heavy atom. The van der Waals surface area contributed by atoms with Crippen LogP contribution in [0.5, 0.6) is 0 Å². The van der Waals surface area contributed by atoms with Crippen molar-refractivity contribution in [1.82, 2.24) is 14.9 Å². The fourth-order valence-electron chi connectivity index (χ4n) is 2.97. The van der Waals surface area contributed by atoms with Gasteiger partial charge in [-0.25, -0.2) is 4.98 Å². The second-order valence-electron chi connectivity index (χ2n) is 5.60. The maximum Gasteiger partial charge on any atom is 0.209 e. The number of likely N-dealkylation sites (tertiary alicyclic amines) is 1. The highest BCUT2D eigenvalue weighted by atomic mass is 32.1. The first kappa shape index (κ1) is 13.7. The smallest absolute Gasteiger partial charge is 0.209 e. The van der Waals surface area contributed by atoms with E-state index in [4.69, 9.17) is 4.42 Å². The number of hydrogen-bond acceptors (Lipinski definition) is 5. The lowest BCUT2D eigenvalue weighted by Crippen LogP contribution is -2.19. The van der Waals surface area contributed by atoms with Crippen molar-refractivity contribution in [3.05, 3.63) is 59.7 Å². The summed E-state index contributed by atoms with van der Waals surface area (Å²) in [5.41, 5.74) is 1.33. The molecule has 4 rings (SSSR count). The second kappa shape index (κ2) is 6.02. The minimum Gasteiger partial charge on any atom is -0.438 e. The molecular formula is C17H17N3OS. The third kappa shape index (κ3) is 2.82. The maximum absolute atomic E-state index is 5.88. The highest BCUT2D eigenvalue weighted by Gasteiger charge is 2.25. The molecule has 3 aromatic rings. The molecule has 1 aliphatic heterocycles. The molecule has 0 aliphatic carbocycles. The molecule has 1 atom stereocenters. The van der Waals surface area contributed by atoms with Gasteiger partial charge in [0.15, 0.2) is 5.76 Å². The molecule has 0 aromatic carbocycles. The molecule has 0 saturated carbocycles. The predicted molar refractivity (Wildman–Crippen MR) is 86.7 cm³/mol. The van der Waals surface area contributed by atoms with Crippen LogP contribution in [0.1, 0.15) is 23.8 Å². The molecule has 0 amide bonds. The topological polar surface area (TPSA) is 42.2 Å². The summed E-state index contributed by atoms with van der Waals surface area (Å²) >= 11 is 1.68. The fraction of sp³-hybridized carbons (Fsp3) is 0.294. The zero-order valence-electron chi connectivity index (χ0n) is 12.2. The van der Waals surface area contributed by atoms with E-state index >= 15 is 0 Å². The van der Waals surface area contributed by atoms with Crippen molar-refractivity contribution in [2.24, 2.45) is 0 Å². The number of rotatable bonds is 4.